The Morgan fingerprint density at radius 3 is 2.24 bits per heavy atom. The SMILES string of the molecule is CC(=O)O.COC(Sc1ccccc1)C1(O)CCCCC1. The molecule has 1 aromatic rings. The number of carboxylic acid groups (broad SMARTS) is 1. The lowest BCUT2D eigenvalue weighted by Gasteiger charge is -2.37. The van der Waals surface area contributed by atoms with Gasteiger partial charge in [-0.25, -0.2) is 0 Å². The highest BCUT2D eigenvalue weighted by Gasteiger charge is 2.38. The van der Waals surface area contributed by atoms with Gasteiger partial charge in [0, 0.05) is 18.9 Å². The number of benzene rings is 1. The number of ether oxygens (including phenoxy) is 1. The lowest BCUT2D eigenvalue weighted by Crippen LogP contribution is -2.43. The Balaban J connectivity index is 0.000000491. The van der Waals surface area contributed by atoms with E-state index in [4.69, 9.17) is 14.6 Å². The van der Waals surface area contributed by atoms with Gasteiger partial charge in [-0.3, -0.25) is 4.79 Å². The van der Waals surface area contributed by atoms with Crippen LogP contribution in [0, 0.1) is 0 Å². The molecule has 2 rings (SSSR count). The predicted octanol–water partition coefficient (Wildman–Crippen LogP) is 3.54. The van der Waals surface area contributed by atoms with Crippen LogP contribution in [0.4, 0.5) is 0 Å². The van der Waals surface area contributed by atoms with Crippen LogP contribution in [0.5, 0.6) is 0 Å². The molecule has 118 valence electrons. The number of hydrogen-bond donors (Lipinski definition) is 2. The van der Waals surface area contributed by atoms with E-state index in [1.807, 2.05) is 18.2 Å². The zero-order valence-corrected chi connectivity index (χ0v) is 13.4. The highest BCUT2D eigenvalue weighted by atomic mass is 32.2. The summed E-state index contributed by atoms with van der Waals surface area (Å²) in [6, 6.07) is 10.1. The Morgan fingerprint density at radius 1 is 1.24 bits per heavy atom. The molecule has 0 heterocycles. The Hall–Kier alpha value is -1.04. The summed E-state index contributed by atoms with van der Waals surface area (Å²) in [4.78, 5) is 10.2. The molecule has 1 aromatic carbocycles. The van der Waals surface area contributed by atoms with Crippen LogP contribution < -0.4 is 0 Å². The van der Waals surface area contributed by atoms with Gasteiger partial charge in [0.1, 0.15) is 11.0 Å². The molecule has 1 atom stereocenters. The van der Waals surface area contributed by atoms with Crippen molar-refractivity contribution in [3.8, 4) is 0 Å². The molecule has 0 spiro atoms. The minimum absolute atomic E-state index is 0.162. The van der Waals surface area contributed by atoms with Crippen molar-refractivity contribution in [2.24, 2.45) is 0 Å². The van der Waals surface area contributed by atoms with E-state index >= 15 is 0 Å². The molecule has 0 aromatic heterocycles. The number of aliphatic hydroxyl groups is 1. The minimum atomic E-state index is -0.833. The van der Waals surface area contributed by atoms with Crippen LogP contribution in [0.2, 0.25) is 0 Å². The normalized spacial score (nSPS) is 18.2. The van der Waals surface area contributed by atoms with E-state index in [-0.39, 0.29) is 5.44 Å². The molecule has 1 aliphatic carbocycles. The van der Waals surface area contributed by atoms with Gasteiger partial charge in [0.05, 0.1) is 0 Å². The van der Waals surface area contributed by atoms with Crippen LogP contribution in [-0.4, -0.2) is 34.3 Å². The number of aliphatic carboxylic acids is 1. The van der Waals surface area contributed by atoms with Crippen molar-refractivity contribution in [3.05, 3.63) is 30.3 Å². The molecule has 0 amide bonds. The van der Waals surface area contributed by atoms with Crippen LogP contribution in [0.15, 0.2) is 35.2 Å². The fourth-order valence-electron chi connectivity index (χ4n) is 2.40. The molecular formula is C16H24O4S. The first-order valence-electron chi connectivity index (χ1n) is 7.14. The van der Waals surface area contributed by atoms with Crippen molar-refractivity contribution >= 4 is 17.7 Å². The summed E-state index contributed by atoms with van der Waals surface area (Å²) in [6.07, 6.45) is 5.14. The first kappa shape index (κ1) is 18.0. The first-order valence-corrected chi connectivity index (χ1v) is 8.02. The van der Waals surface area contributed by atoms with Gasteiger partial charge in [-0.15, -0.1) is 0 Å². The van der Waals surface area contributed by atoms with Gasteiger partial charge in [-0.1, -0.05) is 49.2 Å². The number of hydrogen-bond acceptors (Lipinski definition) is 4. The van der Waals surface area contributed by atoms with Crippen molar-refractivity contribution < 1.29 is 19.7 Å². The van der Waals surface area contributed by atoms with Crippen molar-refractivity contribution in [1.82, 2.24) is 0 Å². The summed E-state index contributed by atoms with van der Waals surface area (Å²) in [7, 11) is 1.69. The second-order valence-electron chi connectivity index (χ2n) is 5.18. The average molecular weight is 312 g/mol. The quantitative estimate of drug-likeness (QED) is 0.657. The maximum absolute atomic E-state index is 10.6. The lowest BCUT2D eigenvalue weighted by atomic mass is 9.85. The average Bonchev–Trinajstić information content (AvgIpc) is 2.46. The maximum Gasteiger partial charge on any atom is 0.300 e. The summed E-state index contributed by atoms with van der Waals surface area (Å²) >= 11 is 1.62. The number of carbonyl (C=O) groups is 1. The zero-order valence-electron chi connectivity index (χ0n) is 12.6. The molecule has 21 heavy (non-hydrogen) atoms. The van der Waals surface area contributed by atoms with E-state index < -0.39 is 11.6 Å². The second-order valence-corrected chi connectivity index (χ2v) is 6.32. The molecule has 2 N–H and O–H groups in total. The Kier molecular flexibility index (Phi) is 7.78. The van der Waals surface area contributed by atoms with E-state index in [0.717, 1.165) is 37.5 Å². The van der Waals surface area contributed by atoms with E-state index in [9.17, 15) is 5.11 Å². The Labute approximate surface area is 130 Å². The van der Waals surface area contributed by atoms with Gasteiger partial charge in [-0.05, 0) is 25.0 Å². The monoisotopic (exact) mass is 312 g/mol. The topological polar surface area (TPSA) is 66.8 Å². The van der Waals surface area contributed by atoms with Crippen LogP contribution in [0.25, 0.3) is 0 Å². The van der Waals surface area contributed by atoms with E-state index in [0.29, 0.717) is 0 Å². The fourth-order valence-corrected chi connectivity index (χ4v) is 3.51. The van der Waals surface area contributed by atoms with Gasteiger partial charge in [0.2, 0.25) is 0 Å². The molecule has 0 bridgehead atoms. The summed E-state index contributed by atoms with van der Waals surface area (Å²) in [5.41, 5.74) is -0.821. The van der Waals surface area contributed by atoms with Crippen molar-refractivity contribution in [3.63, 3.8) is 0 Å². The molecular weight excluding hydrogens is 288 g/mol. The summed E-state index contributed by atoms with van der Waals surface area (Å²) in [6.45, 7) is 1.08. The van der Waals surface area contributed by atoms with E-state index in [2.05, 4.69) is 12.1 Å². The highest BCUT2D eigenvalue weighted by Crippen LogP contribution is 2.39. The largest absolute Gasteiger partial charge is 0.481 e. The van der Waals surface area contributed by atoms with Crippen molar-refractivity contribution in [1.29, 1.82) is 0 Å². The van der Waals surface area contributed by atoms with Crippen LogP contribution >= 0.6 is 11.8 Å². The Bertz CT molecular complexity index is 412. The van der Waals surface area contributed by atoms with Crippen LogP contribution in [-0.2, 0) is 9.53 Å². The predicted molar refractivity (Wildman–Crippen MR) is 84.4 cm³/mol. The smallest absolute Gasteiger partial charge is 0.300 e. The van der Waals surface area contributed by atoms with Gasteiger partial charge >= 0.3 is 0 Å². The molecule has 0 saturated heterocycles. The first-order chi connectivity index (χ1) is 9.98. The van der Waals surface area contributed by atoms with Gasteiger partial charge in [0.15, 0.2) is 0 Å². The molecule has 0 aliphatic heterocycles. The summed E-state index contributed by atoms with van der Waals surface area (Å²) in [5, 5.41) is 18.1. The van der Waals surface area contributed by atoms with Crippen LogP contribution in [0.1, 0.15) is 39.0 Å². The lowest BCUT2D eigenvalue weighted by molar-refractivity contribution is -0.134. The number of methoxy groups -OCH3 is 1. The number of rotatable bonds is 4. The Morgan fingerprint density at radius 2 is 1.76 bits per heavy atom. The maximum atomic E-state index is 10.6. The van der Waals surface area contributed by atoms with Gasteiger partial charge in [0.25, 0.3) is 5.97 Å². The van der Waals surface area contributed by atoms with Gasteiger partial charge in [-0.2, -0.15) is 0 Å². The summed E-state index contributed by atoms with van der Waals surface area (Å²) < 4.78 is 5.51. The van der Waals surface area contributed by atoms with E-state index in [1.54, 1.807) is 18.9 Å². The third-order valence-electron chi connectivity index (χ3n) is 3.36. The standard InChI is InChI=1S/C14H20O2S.C2H4O2/c1-16-13(14(15)10-6-3-7-11-14)17-12-8-4-2-5-9-12;1-2(3)4/h2,4-5,8-9,13,15H,3,6-7,10-11H2,1H3;1H3,(H,3,4). The van der Waals surface area contributed by atoms with Gasteiger partial charge < -0.3 is 14.9 Å². The highest BCUT2D eigenvalue weighted by molar-refractivity contribution is 7.99. The number of carboxylic acids is 1. The molecule has 1 saturated carbocycles. The van der Waals surface area contributed by atoms with E-state index in [1.165, 1.54) is 6.42 Å². The molecule has 1 fully saturated rings. The third-order valence-corrected chi connectivity index (χ3v) is 4.75. The van der Waals surface area contributed by atoms with Crippen LogP contribution in [0.3, 0.4) is 0 Å². The molecule has 0 radical (unpaired) electrons. The number of thioether (sulfide) groups is 1. The molecule has 1 unspecified atom stereocenters. The molecule has 4 nitrogen and oxygen atoms in total. The summed E-state index contributed by atoms with van der Waals surface area (Å²) in [5.74, 6) is -0.833. The van der Waals surface area contributed by atoms with Crippen molar-refractivity contribution in [2.45, 2.75) is 55.0 Å². The van der Waals surface area contributed by atoms with Crippen molar-refractivity contribution in [2.75, 3.05) is 7.11 Å². The fraction of sp³-hybridized carbons (Fsp3) is 0.562. The third kappa shape index (κ3) is 6.50. The minimum Gasteiger partial charge on any atom is -0.481 e. The molecule has 5 heteroatoms. The zero-order chi connectivity index (χ0) is 15.7. The second kappa shape index (κ2) is 9.07. The molecule has 1 aliphatic rings.